The molecule has 0 amide bonds. The third-order valence-electron chi connectivity index (χ3n) is 3.48. The number of nitrogens with zero attached hydrogens (tertiary/aromatic N) is 3. The van der Waals surface area contributed by atoms with Crippen LogP contribution < -0.4 is 11.3 Å². The van der Waals surface area contributed by atoms with Crippen molar-refractivity contribution < 1.29 is 23.8 Å². The van der Waals surface area contributed by atoms with Crippen LogP contribution in [-0.2, 0) is 14.0 Å². The van der Waals surface area contributed by atoms with Crippen molar-refractivity contribution in [3.8, 4) is 0 Å². The molecule has 3 rings (SSSR count). The van der Waals surface area contributed by atoms with Gasteiger partial charge in [0.15, 0.2) is 23.8 Å². The van der Waals surface area contributed by atoms with Gasteiger partial charge in [-0.05, 0) is 6.42 Å². The Morgan fingerprint density at radius 3 is 2.96 bits per heavy atom. The molecule has 11 nitrogen and oxygen atoms in total. The summed E-state index contributed by atoms with van der Waals surface area (Å²) >= 11 is 0. The van der Waals surface area contributed by atoms with Gasteiger partial charge in [0.25, 0.3) is 5.56 Å². The fraction of sp³-hybridized carbons (Fsp3) is 0.545. The Bertz CT molecular complexity index is 805. The van der Waals surface area contributed by atoms with E-state index in [1.165, 1.54) is 6.33 Å². The summed E-state index contributed by atoms with van der Waals surface area (Å²) in [5.41, 5.74) is 5.70. The maximum atomic E-state index is 11.8. The van der Waals surface area contributed by atoms with Crippen LogP contribution >= 0.6 is 7.60 Å². The molecule has 0 aromatic carbocycles. The lowest BCUT2D eigenvalue weighted by molar-refractivity contribution is -0.164. The largest absolute Gasteiger partial charge is 0.369 e. The molecular weight excluding hydrogens is 329 g/mol. The molecule has 2 aromatic heterocycles. The number of H-pyrrole nitrogens is 1. The first-order valence-corrected chi connectivity index (χ1v) is 8.63. The smallest absolute Gasteiger partial charge is 0.351 e. The Morgan fingerprint density at radius 2 is 2.30 bits per heavy atom. The van der Waals surface area contributed by atoms with Gasteiger partial charge in [-0.2, -0.15) is 4.98 Å². The van der Waals surface area contributed by atoms with Crippen molar-refractivity contribution in [2.24, 2.45) is 0 Å². The van der Waals surface area contributed by atoms with E-state index in [0.29, 0.717) is 18.5 Å². The van der Waals surface area contributed by atoms with Gasteiger partial charge in [0.1, 0.15) is 0 Å². The van der Waals surface area contributed by atoms with Crippen LogP contribution in [0, 0.1) is 0 Å². The maximum absolute atomic E-state index is 11.8. The summed E-state index contributed by atoms with van der Waals surface area (Å²) in [5, 5.41) is 0. The van der Waals surface area contributed by atoms with Crippen LogP contribution in [-0.4, -0.2) is 48.6 Å². The zero-order chi connectivity index (χ0) is 16.6. The molecule has 0 bridgehead atoms. The fourth-order valence-corrected chi connectivity index (χ4v) is 2.82. The second-order valence-corrected chi connectivity index (χ2v) is 6.82. The average Bonchev–Trinajstić information content (AvgIpc) is 2.89. The van der Waals surface area contributed by atoms with E-state index in [0.717, 1.165) is 0 Å². The van der Waals surface area contributed by atoms with Gasteiger partial charge in [-0.3, -0.25) is 14.3 Å². The summed E-state index contributed by atoms with van der Waals surface area (Å²) in [4.78, 5) is 39.8. The van der Waals surface area contributed by atoms with Crippen LogP contribution in [0.1, 0.15) is 18.9 Å². The van der Waals surface area contributed by atoms with Crippen molar-refractivity contribution in [1.82, 2.24) is 19.5 Å². The first kappa shape index (κ1) is 16.1. The summed E-state index contributed by atoms with van der Waals surface area (Å²) in [6.07, 6.45) is 1.21. The molecular formula is C11H16N5O6P. The maximum Gasteiger partial charge on any atom is 0.351 e. The number of nitrogens with two attached hydrogens (primary N) is 1. The second kappa shape index (κ2) is 6.02. The highest BCUT2D eigenvalue weighted by atomic mass is 31.2. The topological polar surface area (TPSA) is 166 Å². The minimum Gasteiger partial charge on any atom is -0.369 e. The first-order valence-electron chi connectivity index (χ1n) is 6.83. The van der Waals surface area contributed by atoms with Crippen molar-refractivity contribution in [1.29, 1.82) is 0 Å². The summed E-state index contributed by atoms with van der Waals surface area (Å²) in [7, 11) is -4.22. The van der Waals surface area contributed by atoms with E-state index in [1.54, 1.807) is 4.57 Å². The standard InChI is InChI=1S/C11H16N5O6P/c12-11-14-9-8(10(17)15-11)13-4-16(9)6-1-2-7(21-3-6)22-5-23(18,19)20/h4,6-7H,1-3,5H2,(H2,18,19,20)(H3,12,14,15,17)/t6-,7+/m1/s1. The Balaban J connectivity index is 1.71. The molecule has 0 aliphatic carbocycles. The van der Waals surface area contributed by atoms with Gasteiger partial charge in [0.2, 0.25) is 5.95 Å². The monoisotopic (exact) mass is 345 g/mol. The van der Waals surface area contributed by atoms with E-state index >= 15 is 0 Å². The molecule has 0 saturated carbocycles. The molecule has 3 heterocycles. The Hall–Kier alpha value is -1.78. The van der Waals surface area contributed by atoms with Crippen molar-refractivity contribution in [3.63, 3.8) is 0 Å². The summed E-state index contributed by atoms with van der Waals surface area (Å²) in [5.74, 6) is 0.00355. The number of nitrogen functional groups attached to an aromatic ring is 1. The first-order chi connectivity index (χ1) is 10.8. The molecule has 2 aromatic rings. The van der Waals surface area contributed by atoms with Crippen molar-refractivity contribution in [2.75, 3.05) is 18.7 Å². The zero-order valence-electron chi connectivity index (χ0n) is 12.0. The van der Waals surface area contributed by atoms with Crippen LogP contribution in [0.15, 0.2) is 11.1 Å². The molecule has 2 atom stereocenters. The molecule has 23 heavy (non-hydrogen) atoms. The lowest BCUT2D eigenvalue weighted by atomic mass is 10.1. The van der Waals surface area contributed by atoms with Gasteiger partial charge >= 0.3 is 7.60 Å². The number of hydrogen-bond donors (Lipinski definition) is 4. The van der Waals surface area contributed by atoms with Gasteiger partial charge in [0.05, 0.1) is 19.0 Å². The highest BCUT2D eigenvalue weighted by molar-refractivity contribution is 7.51. The summed E-state index contributed by atoms with van der Waals surface area (Å²) in [6, 6.07) is -0.122. The van der Waals surface area contributed by atoms with E-state index in [4.69, 9.17) is 25.0 Å². The lowest BCUT2D eigenvalue weighted by Gasteiger charge is -2.29. The number of aromatic nitrogens is 4. The number of ether oxygens (including phenoxy) is 2. The molecule has 5 N–H and O–H groups in total. The molecule has 1 aliphatic rings. The number of imidazole rings is 1. The number of nitrogens with one attached hydrogen (secondary N) is 1. The van der Waals surface area contributed by atoms with E-state index in [9.17, 15) is 9.36 Å². The van der Waals surface area contributed by atoms with Gasteiger partial charge in [-0.25, -0.2) is 4.98 Å². The molecule has 12 heteroatoms. The highest BCUT2D eigenvalue weighted by Gasteiger charge is 2.27. The molecule has 1 aliphatic heterocycles. The third-order valence-corrected chi connectivity index (χ3v) is 3.97. The van der Waals surface area contributed by atoms with E-state index in [-0.39, 0.29) is 24.1 Å². The van der Waals surface area contributed by atoms with Gasteiger partial charge in [-0.15, -0.1) is 0 Å². The molecule has 126 valence electrons. The lowest BCUT2D eigenvalue weighted by Crippen LogP contribution is -2.30. The molecule has 0 spiro atoms. The fourth-order valence-electron chi connectivity index (χ4n) is 2.45. The van der Waals surface area contributed by atoms with Crippen LogP contribution in [0.3, 0.4) is 0 Å². The minimum atomic E-state index is -4.22. The van der Waals surface area contributed by atoms with E-state index in [2.05, 4.69) is 15.0 Å². The summed E-state index contributed by atoms with van der Waals surface area (Å²) in [6.45, 7) is 0.242. The predicted molar refractivity (Wildman–Crippen MR) is 78.6 cm³/mol. The quantitative estimate of drug-likeness (QED) is 0.536. The number of fused-ring (bicyclic) bond motifs is 1. The highest BCUT2D eigenvalue weighted by Crippen LogP contribution is 2.36. The van der Waals surface area contributed by atoms with Crippen molar-refractivity contribution in [2.45, 2.75) is 25.2 Å². The number of aromatic amines is 1. The average molecular weight is 345 g/mol. The van der Waals surface area contributed by atoms with E-state index in [1.807, 2.05) is 0 Å². The Kier molecular flexibility index (Phi) is 4.21. The SMILES string of the molecule is Nc1nc2c(ncn2[C@@H]2CC[C@H](OCP(=O)(O)O)OC2)c(=O)[nH]1. The minimum absolute atomic E-state index is 0.00355. The number of anilines is 1. The van der Waals surface area contributed by atoms with Crippen LogP contribution in [0.2, 0.25) is 0 Å². The normalized spacial score (nSPS) is 22.5. The zero-order valence-corrected chi connectivity index (χ0v) is 12.8. The third kappa shape index (κ3) is 3.59. The Labute approximate surface area is 129 Å². The van der Waals surface area contributed by atoms with Crippen LogP contribution in [0.4, 0.5) is 5.95 Å². The second-order valence-electron chi connectivity index (χ2n) is 5.23. The predicted octanol–water partition coefficient (Wildman–Crippen LogP) is -0.469. The number of rotatable bonds is 4. The van der Waals surface area contributed by atoms with E-state index < -0.39 is 25.8 Å². The van der Waals surface area contributed by atoms with Gasteiger partial charge in [0, 0.05) is 6.42 Å². The Morgan fingerprint density at radius 1 is 1.52 bits per heavy atom. The van der Waals surface area contributed by atoms with Crippen molar-refractivity contribution in [3.05, 3.63) is 16.7 Å². The van der Waals surface area contributed by atoms with Gasteiger partial charge in [-0.1, -0.05) is 0 Å². The molecule has 0 unspecified atom stereocenters. The van der Waals surface area contributed by atoms with Crippen molar-refractivity contribution >= 4 is 24.7 Å². The molecule has 1 fully saturated rings. The van der Waals surface area contributed by atoms with Crippen LogP contribution in [0.5, 0.6) is 0 Å². The summed E-state index contributed by atoms with van der Waals surface area (Å²) < 4.78 is 23.0. The molecule has 1 saturated heterocycles. The van der Waals surface area contributed by atoms with Gasteiger partial charge < -0.3 is 29.6 Å². The number of hydrogen-bond acceptors (Lipinski definition) is 7. The molecule has 0 radical (unpaired) electrons. The van der Waals surface area contributed by atoms with Crippen LogP contribution in [0.25, 0.3) is 11.2 Å².